The predicted octanol–water partition coefficient (Wildman–Crippen LogP) is 1.36. The van der Waals surface area contributed by atoms with Crippen LogP contribution in [0.2, 0.25) is 0 Å². The summed E-state index contributed by atoms with van der Waals surface area (Å²) in [5.74, 6) is 1.24. The van der Waals surface area contributed by atoms with Gasteiger partial charge in [0.2, 0.25) is 0 Å². The minimum Gasteiger partial charge on any atom is -0.308 e. The minimum atomic E-state index is 0.389. The number of rotatable bonds is 6. The Bertz CT molecular complexity index is 441. The highest BCUT2D eigenvalue weighted by atomic mass is 32.2. The SMILES string of the molecule is CC1(C)CN(CCn2cc(CNC3CC3)nn2)CCS1. The quantitative estimate of drug-likeness (QED) is 0.858. The van der Waals surface area contributed by atoms with Crippen LogP contribution < -0.4 is 5.32 Å². The van der Waals surface area contributed by atoms with Gasteiger partial charge in [-0.1, -0.05) is 5.21 Å². The average molecular weight is 295 g/mol. The summed E-state index contributed by atoms with van der Waals surface area (Å²) in [5.41, 5.74) is 1.06. The lowest BCUT2D eigenvalue weighted by atomic mass is 10.2. The van der Waals surface area contributed by atoms with Crippen molar-refractivity contribution in [1.29, 1.82) is 0 Å². The van der Waals surface area contributed by atoms with Crippen molar-refractivity contribution in [3.8, 4) is 0 Å². The molecule has 0 spiro atoms. The van der Waals surface area contributed by atoms with Crippen LogP contribution in [-0.4, -0.2) is 56.1 Å². The molecule has 0 amide bonds. The van der Waals surface area contributed by atoms with Gasteiger partial charge in [0.25, 0.3) is 0 Å². The van der Waals surface area contributed by atoms with Crippen molar-refractivity contribution in [2.24, 2.45) is 0 Å². The lowest BCUT2D eigenvalue weighted by Gasteiger charge is -2.37. The summed E-state index contributed by atoms with van der Waals surface area (Å²) in [6, 6.07) is 0.730. The molecule has 2 aliphatic rings. The molecule has 0 unspecified atom stereocenters. The Morgan fingerprint density at radius 2 is 2.25 bits per heavy atom. The molecule has 2 heterocycles. The largest absolute Gasteiger partial charge is 0.308 e. The van der Waals surface area contributed by atoms with Crippen molar-refractivity contribution in [3.05, 3.63) is 11.9 Å². The van der Waals surface area contributed by atoms with E-state index in [2.05, 4.69) is 52.3 Å². The third kappa shape index (κ3) is 4.20. The second-order valence-electron chi connectivity index (χ2n) is 6.51. The fourth-order valence-corrected chi connectivity index (χ4v) is 3.79. The van der Waals surface area contributed by atoms with Crippen molar-refractivity contribution in [2.45, 2.75) is 50.6 Å². The predicted molar refractivity (Wildman–Crippen MR) is 82.9 cm³/mol. The van der Waals surface area contributed by atoms with Gasteiger partial charge in [0.1, 0.15) is 0 Å². The summed E-state index contributed by atoms with van der Waals surface area (Å²) in [5, 5.41) is 11.9. The van der Waals surface area contributed by atoms with Gasteiger partial charge in [0.05, 0.1) is 12.2 Å². The van der Waals surface area contributed by atoms with E-state index in [1.54, 1.807) is 0 Å². The normalized spacial score (nSPS) is 23.1. The first-order valence-electron chi connectivity index (χ1n) is 7.59. The summed E-state index contributed by atoms with van der Waals surface area (Å²) in [6.07, 6.45) is 4.72. The van der Waals surface area contributed by atoms with Crippen LogP contribution in [0, 0.1) is 0 Å². The minimum absolute atomic E-state index is 0.389. The summed E-state index contributed by atoms with van der Waals surface area (Å²) >= 11 is 2.08. The summed E-state index contributed by atoms with van der Waals surface area (Å²) in [6.45, 7) is 9.90. The number of nitrogens with one attached hydrogen (secondary N) is 1. The van der Waals surface area contributed by atoms with Gasteiger partial charge in [-0.05, 0) is 26.7 Å². The monoisotopic (exact) mass is 295 g/mol. The van der Waals surface area contributed by atoms with Crippen molar-refractivity contribution >= 4 is 11.8 Å². The molecule has 1 aliphatic carbocycles. The Morgan fingerprint density at radius 3 is 3.00 bits per heavy atom. The standard InChI is InChI=1S/C14H25N5S/c1-14(2)11-18(7-8-20-14)5-6-19-10-13(16-17-19)9-15-12-3-4-12/h10,12,15H,3-9,11H2,1-2H3. The zero-order valence-corrected chi connectivity index (χ0v) is 13.3. The molecule has 1 aromatic heterocycles. The van der Waals surface area contributed by atoms with E-state index < -0.39 is 0 Å². The molecule has 112 valence electrons. The molecule has 0 atom stereocenters. The highest BCUT2D eigenvalue weighted by molar-refractivity contribution is 8.00. The zero-order chi connectivity index (χ0) is 14.0. The first kappa shape index (κ1) is 14.4. The van der Waals surface area contributed by atoms with E-state index in [-0.39, 0.29) is 0 Å². The molecule has 3 rings (SSSR count). The second-order valence-corrected chi connectivity index (χ2v) is 8.31. The first-order valence-corrected chi connectivity index (χ1v) is 8.58. The average Bonchev–Trinajstić information content (AvgIpc) is 3.12. The first-order chi connectivity index (χ1) is 9.61. The van der Waals surface area contributed by atoms with Gasteiger partial charge in [-0.25, -0.2) is 0 Å². The highest BCUT2D eigenvalue weighted by Crippen LogP contribution is 2.29. The van der Waals surface area contributed by atoms with Crippen LogP contribution in [0.4, 0.5) is 0 Å². The van der Waals surface area contributed by atoms with E-state index in [1.165, 1.54) is 31.7 Å². The number of thioether (sulfide) groups is 1. The van der Waals surface area contributed by atoms with Gasteiger partial charge in [-0.15, -0.1) is 5.10 Å². The molecule has 6 heteroatoms. The van der Waals surface area contributed by atoms with Gasteiger partial charge in [-0.2, -0.15) is 11.8 Å². The Labute approximate surface area is 125 Å². The maximum atomic E-state index is 4.24. The van der Waals surface area contributed by atoms with E-state index in [9.17, 15) is 0 Å². The summed E-state index contributed by atoms with van der Waals surface area (Å²) in [7, 11) is 0. The smallest absolute Gasteiger partial charge is 0.0964 e. The molecule has 5 nitrogen and oxygen atoms in total. The number of aromatic nitrogens is 3. The van der Waals surface area contributed by atoms with Crippen molar-refractivity contribution in [2.75, 3.05) is 25.4 Å². The Morgan fingerprint density at radius 1 is 1.40 bits per heavy atom. The highest BCUT2D eigenvalue weighted by Gasteiger charge is 2.26. The Balaban J connectivity index is 1.43. The van der Waals surface area contributed by atoms with Gasteiger partial charge in [0.15, 0.2) is 0 Å². The third-order valence-corrected chi connectivity index (χ3v) is 5.18. The van der Waals surface area contributed by atoms with E-state index in [4.69, 9.17) is 0 Å². The molecule has 1 N–H and O–H groups in total. The number of nitrogens with zero attached hydrogens (tertiary/aromatic N) is 4. The molecule has 1 aromatic rings. The van der Waals surface area contributed by atoms with Crippen molar-refractivity contribution < 1.29 is 0 Å². The van der Waals surface area contributed by atoms with Crippen LogP contribution in [0.25, 0.3) is 0 Å². The van der Waals surface area contributed by atoms with Crippen molar-refractivity contribution in [1.82, 2.24) is 25.2 Å². The molecule has 0 radical (unpaired) electrons. The van der Waals surface area contributed by atoms with Crippen molar-refractivity contribution in [3.63, 3.8) is 0 Å². The topological polar surface area (TPSA) is 46.0 Å². The molecular weight excluding hydrogens is 270 g/mol. The summed E-state index contributed by atoms with van der Waals surface area (Å²) in [4.78, 5) is 2.54. The van der Waals surface area contributed by atoms with Crippen LogP contribution in [0.5, 0.6) is 0 Å². The van der Waals surface area contributed by atoms with Crippen LogP contribution in [-0.2, 0) is 13.1 Å². The van der Waals surface area contributed by atoms with Crippen LogP contribution in [0.15, 0.2) is 6.20 Å². The molecule has 0 bridgehead atoms. The van der Waals surface area contributed by atoms with E-state index in [1.807, 2.05) is 4.68 Å². The summed E-state index contributed by atoms with van der Waals surface area (Å²) < 4.78 is 2.37. The molecule has 2 fully saturated rings. The maximum absolute atomic E-state index is 4.24. The van der Waals surface area contributed by atoms with Gasteiger partial charge >= 0.3 is 0 Å². The Hall–Kier alpha value is -0.590. The fraction of sp³-hybridized carbons (Fsp3) is 0.857. The Kier molecular flexibility index (Phi) is 4.33. The van der Waals surface area contributed by atoms with Gasteiger partial charge < -0.3 is 5.32 Å². The van der Waals surface area contributed by atoms with E-state index in [0.717, 1.165) is 31.4 Å². The molecular formula is C14H25N5S. The lowest BCUT2D eigenvalue weighted by molar-refractivity contribution is 0.246. The van der Waals surface area contributed by atoms with Crippen LogP contribution >= 0.6 is 11.8 Å². The van der Waals surface area contributed by atoms with E-state index >= 15 is 0 Å². The van der Waals surface area contributed by atoms with Gasteiger partial charge in [-0.3, -0.25) is 9.58 Å². The zero-order valence-electron chi connectivity index (χ0n) is 12.5. The third-order valence-electron chi connectivity index (χ3n) is 3.89. The maximum Gasteiger partial charge on any atom is 0.0964 e. The second kappa shape index (κ2) is 6.03. The molecule has 20 heavy (non-hydrogen) atoms. The number of hydrogen-bond acceptors (Lipinski definition) is 5. The number of hydrogen-bond donors (Lipinski definition) is 1. The lowest BCUT2D eigenvalue weighted by Crippen LogP contribution is -2.44. The van der Waals surface area contributed by atoms with Gasteiger partial charge in [0, 0.05) is 48.9 Å². The molecule has 1 saturated heterocycles. The van der Waals surface area contributed by atoms with Crippen LogP contribution in [0.3, 0.4) is 0 Å². The molecule has 1 aliphatic heterocycles. The van der Waals surface area contributed by atoms with Crippen LogP contribution in [0.1, 0.15) is 32.4 Å². The van der Waals surface area contributed by atoms with E-state index in [0.29, 0.717) is 4.75 Å². The molecule has 0 aromatic carbocycles. The fourth-order valence-electron chi connectivity index (χ4n) is 2.61. The molecule has 1 saturated carbocycles.